The molecule has 0 aliphatic heterocycles. The molecule has 0 aromatic carbocycles. The predicted molar refractivity (Wildman–Crippen MR) is 5.75 cm³/mol. The van der Waals surface area contributed by atoms with Crippen molar-refractivity contribution in [3.05, 3.63) is 0 Å². The van der Waals surface area contributed by atoms with Crippen molar-refractivity contribution >= 4 is 23.9 Å². The van der Waals surface area contributed by atoms with E-state index in [0.29, 0.717) is 0 Å². The summed E-state index contributed by atoms with van der Waals surface area (Å²) in [6, 6.07) is 0. The Morgan fingerprint density at radius 3 is 1.00 bits per heavy atom. The van der Waals surface area contributed by atoms with Crippen LogP contribution in [-0.2, 0) is 56.4 Å². The van der Waals surface area contributed by atoms with Crippen molar-refractivity contribution in [1.82, 2.24) is 0 Å². The first kappa shape index (κ1) is 30.8. The van der Waals surface area contributed by atoms with Crippen molar-refractivity contribution in [3.8, 4) is 0 Å². The van der Waals surface area contributed by atoms with Gasteiger partial charge in [0, 0.05) is 80.3 Å². The van der Waals surface area contributed by atoms with Gasteiger partial charge in [0.05, 0.1) is 0 Å². The van der Waals surface area contributed by atoms with E-state index < -0.39 is 0 Å². The summed E-state index contributed by atoms with van der Waals surface area (Å²) in [7, 11) is 0. The molecule has 0 atom stereocenters. The second-order valence-corrected chi connectivity index (χ2v) is 0. The zero-order chi connectivity index (χ0) is 0. The Bertz CT molecular complexity index is 8.00. The summed E-state index contributed by atoms with van der Waals surface area (Å²) in [5.74, 6) is 0. The van der Waals surface area contributed by atoms with E-state index in [1.54, 1.807) is 0 Å². The molecule has 0 bridgehead atoms. The minimum Gasteiger partial charge on any atom is 0 e. The summed E-state index contributed by atoms with van der Waals surface area (Å²) < 4.78 is 0. The molecule has 26 valence electrons. The fraction of sp³-hybridized carbons (Fsp3) is 0. The van der Waals surface area contributed by atoms with Crippen LogP contribution in [0.2, 0.25) is 0 Å². The molecule has 0 unspecified atom stereocenters. The van der Waals surface area contributed by atoms with Crippen LogP contribution in [-0.4, -0.2) is 23.9 Å². The summed E-state index contributed by atoms with van der Waals surface area (Å²) in [5, 5.41) is 0. The van der Waals surface area contributed by atoms with E-state index >= 15 is 0 Å². The fourth-order valence-electron chi connectivity index (χ4n) is 0. The molecule has 0 amide bonds. The van der Waals surface area contributed by atoms with Crippen LogP contribution in [0.1, 0.15) is 0 Å². The van der Waals surface area contributed by atoms with Gasteiger partial charge in [-0.05, 0) is 0 Å². The molecule has 0 aliphatic carbocycles. The van der Waals surface area contributed by atoms with Crippen molar-refractivity contribution in [3.63, 3.8) is 0 Å². The number of hydrogen-bond donors (Lipinski definition) is 0. The van der Waals surface area contributed by atoms with Crippen LogP contribution >= 0.6 is 0 Å². The number of hydrogen-bond acceptors (Lipinski definition) is 0. The minimum absolute atomic E-state index is 0. The molecule has 0 spiro atoms. The Kier molecular flexibility index (Phi) is 135. The predicted octanol–water partition coefficient (Wildman–Crippen LogP) is -0.388. The van der Waals surface area contributed by atoms with Crippen molar-refractivity contribution in [1.29, 1.82) is 0 Å². The summed E-state index contributed by atoms with van der Waals surface area (Å²) in [4.78, 5) is 0. The second kappa shape index (κ2) is 17.6. The van der Waals surface area contributed by atoms with E-state index in [-0.39, 0.29) is 80.3 Å². The first-order chi connectivity index (χ1) is 0. The van der Waals surface area contributed by atoms with Gasteiger partial charge in [0.1, 0.15) is 0 Å². The van der Waals surface area contributed by atoms with Gasteiger partial charge >= 0.3 is 0 Å². The molecular weight excluding hydrogens is 349 g/mol. The van der Waals surface area contributed by atoms with Gasteiger partial charge in [-0.15, -0.1) is 0 Å². The summed E-state index contributed by atoms with van der Waals surface area (Å²) in [6.45, 7) is 0. The third kappa shape index (κ3) is 8.82. The van der Waals surface area contributed by atoms with E-state index in [2.05, 4.69) is 0 Å². The smallest absolute Gasteiger partial charge is 0 e. The van der Waals surface area contributed by atoms with Crippen molar-refractivity contribution in [2.24, 2.45) is 0 Å². The molecular formula is NiPdSnZn. The summed E-state index contributed by atoms with van der Waals surface area (Å²) in [5.41, 5.74) is 0. The third-order valence-corrected chi connectivity index (χ3v) is 0. The van der Waals surface area contributed by atoms with Gasteiger partial charge in [0.2, 0.25) is 0 Å². The van der Waals surface area contributed by atoms with Crippen LogP contribution in [0.25, 0.3) is 0 Å². The van der Waals surface area contributed by atoms with Gasteiger partial charge in [-0.2, -0.15) is 0 Å². The quantitative estimate of drug-likeness (QED) is 0.523. The normalized spacial score (nSPS) is 0. The second-order valence-electron chi connectivity index (χ2n) is 0. The maximum atomic E-state index is 0. The van der Waals surface area contributed by atoms with E-state index in [4.69, 9.17) is 0 Å². The fourth-order valence-corrected chi connectivity index (χ4v) is 0. The molecule has 4 radical (unpaired) electrons. The van der Waals surface area contributed by atoms with E-state index in [1.165, 1.54) is 0 Å². The average Bonchev–Trinajstić information content (AvgIpc) is 0. The van der Waals surface area contributed by atoms with Gasteiger partial charge in [-0.25, -0.2) is 0 Å². The van der Waals surface area contributed by atoms with Crippen LogP contribution in [0.3, 0.4) is 0 Å². The van der Waals surface area contributed by atoms with Crippen molar-refractivity contribution in [2.45, 2.75) is 0 Å². The molecule has 0 aromatic rings. The molecule has 0 saturated heterocycles. The van der Waals surface area contributed by atoms with Gasteiger partial charge < -0.3 is 0 Å². The van der Waals surface area contributed by atoms with Crippen LogP contribution in [0, 0.1) is 0 Å². The SMILES string of the molecule is [Ni].[Pd].[Sn].[Zn]. The Morgan fingerprint density at radius 1 is 1.00 bits per heavy atom. The molecule has 0 nitrogen and oxygen atoms in total. The monoisotopic (exact) mass is 348 g/mol. The summed E-state index contributed by atoms with van der Waals surface area (Å²) in [6.07, 6.45) is 0. The third-order valence-electron chi connectivity index (χ3n) is 0. The molecule has 0 heterocycles. The zero-order valence-electron chi connectivity index (χ0n) is 1.84. The van der Waals surface area contributed by atoms with Crippen LogP contribution in [0.4, 0.5) is 0 Å². The maximum absolute atomic E-state index is 0. The molecule has 0 N–H and O–H groups in total. The molecule has 0 aliphatic rings. The molecule has 0 saturated carbocycles. The van der Waals surface area contributed by atoms with E-state index in [0.717, 1.165) is 0 Å². The Morgan fingerprint density at radius 2 is 1.00 bits per heavy atom. The molecule has 0 rings (SSSR count). The van der Waals surface area contributed by atoms with Gasteiger partial charge in [0.25, 0.3) is 0 Å². The standard InChI is InChI=1S/Ni.Pd.Sn.Zn. The molecule has 4 heavy (non-hydrogen) atoms. The molecule has 4 heteroatoms. The van der Waals surface area contributed by atoms with E-state index in [9.17, 15) is 0 Å². The Hall–Kier alpha value is 2.58. The summed E-state index contributed by atoms with van der Waals surface area (Å²) >= 11 is 0. The van der Waals surface area contributed by atoms with Crippen LogP contribution in [0.5, 0.6) is 0 Å². The topological polar surface area (TPSA) is 0 Å². The van der Waals surface area contributed by atoms with Gasteiger partial charge in [0.15, 0.2) is 0 Å². The Labute approximate surface area is 79.2 Å². The maximum Gasteiger partial charge on any atom is 0 e. The van der Waals surface area contributed by atoms with Gasteiger partial charge in [-0.3, -0.25) is 0 Å². The van der Waals surface area contributed by atoms with E-state index in [1.807, 2.05) is 0 Å². The van der Waals surface area contributed by atoms with Crippen molar-refractivity contribution < 1.29 is 56.4 Å². The average molecular weight is 349 g/mol. The first-order valence-corrected chi connectivity index (χ1v) is 0. The minimum atomic E-state index is 0. The number of rotatable bonds is 0. The zero-order valence-corrected chi connectivity index (χ0v) is 10.2. The largest absolute Gasteiger partial charge is 0 e. The van der Waals surface area contributed by atoms with Gasteiger partial charge in [-0.1, -0.05) is 0 Å². The van der Waals surface area contributed by atoms with Crippen LogP contribution in [0.15, 0.2) is 0 Å². The molecule has 0 aromatic heterocycles. The van der Waals surface area contributed by atoms with Crippen molar-refractivity contribution in [2.75, 3.05) is 0 Å². The first-order valence-electron chi connectivity index (χ1n) is 0. The van der Waals surface area contributed by atoms with Crippen LogP contribution < -0.4 is 0 Å². The Balaban J connectivity index is 0. The molecule has 0 fully saturated rings.